The predicted octanol–water partition coefficient (Wildman–Crippen LogP) is 4.48. The number of hydrogen-bond acceptors (Lipinski definition) is 5. The Morgan fingerprint density at radius 2 is 2.00 bits per heavy atom. The molecule has 0 amide bonds. The lowest BCUT2D eigenvalue weighted by Gasteiger charge is -2.43. The summed E-state index contributed by atoms with van der Waals surface area (Å²) in [5, 5.41) is 13.8. The molecule has 30 heavy (non-hydrogen) atoms. The quantitative estimate of drug-likeness (QED) is 0.611. The molecular formula is C21H19F4N3O2. The molecule has 4 rings (SSSR count). The number of nitrogens with zero attached hydrogens (tertiary/aromatic N) is 2. The van der Waals surface area contributed by atoms with Gasteiger partial charge in [0.15, 0.2) is 5.60 Å². The van der Waals surface area contributed by atoms with Crippen LogP contribution in [0.5, 0.6) is 5.75 Å². The highest BCUT2D eigenvalue weighted by molar-refractivity contribution is 5.91. The van der Waals surface area contributed by atoms with Crippen molar-refractivity contribution in [2.75, 3.05) is 12.4 Å². The van der Waals surface area contributed by atoms with E-state index in [4.69, 9.17) is 4.74 Å². The number of hydrogen-bond donors (Lipinski definition) is 2. The largest absolute Gasteiger partial charge is 0.497 e. The van der Waals surface area contributed by atoms with Crippen LogP contribution in [0, 0.1) is 12.7 Å². The number of nitrogens with one attached hydrogen (secondary N) is 1. The highest BCUT2D eigenvalue weighted by atomic mass is 19.4. The molecule has 2 atom stereocenters. The molecule has 3 aromatic rings. The fourth-order valence-electron chi connectivity index (χ4n) is 3.88. The van der Waals surface area contributed by atoms with Crippen LogP contribution in [0.1, 0.15) is 29.4 Å². The van der Waals surface area contributed by atoms with Gasteiger partial charge >= 0.3 is 6.18 Å². The van der Waals surface area contributed by atoms with Crippen molar-refractivity contribution in [3.05, 3.63) is 59.3 Å². The van der Waals surface area contributed by atoms with Crippen LogP contribution in [0.15, 0.2) is 36.5 Å². The van der Waals surface area contributed by atoms with Crippen molar-refractivity contribution in [2.24, 2.45) is 0 Å². The number of halogens is 4. The fourth-order valence-corrected chi connectivity index (χ4v) is 3.88. The van der Waals surface area contributed by atoms with E-state index in [2.05, 4.69) is 15.3 Å². The van der Waals surface area contributed by atoms with Gasteiger partial charge in [0.05, 0.1) is 13.2 Å². The molecule has 0 spiro atoms. The van der Waals surface area contributed by atoms with E-state index in [-0.39, 0.29) is 28.6 Å². The number of fused-ring (bicyclic) bond motifs is 2. The average Bonchev–Trinajstić information content (AvgIpc) is 2.70. The Kier molecular flexibility index (Phi) is 4.80. The summed E-state index contributed by atoms with van der Waals surface area (Å²) in [6.07, 6.45) is -4.00. The lowest BCUT2D eigenvalue weighted by Crippen LogP contribution is -2.54. The summed E-state index contributed by atoms with van der Waals surface area (Å²) in [5.74, 6) is 0.0887. The van der Waals surface area contributed by atoms with Crippen LogP contribution in [0.4, 0.5) is 23.2 Å². The van der Waals surface area contributed by atoms with Crippen molar-refractivity contribution in [2.45, 2.75) is 37.6 Å². The zero-order valence-corrected chi connectivity index (χ0v) is 16.2. The first-order valence-electron chi connectivity index (χ1n) is 9.28. The number of methoxy groups -OCH3 is 1. The monoisotopic (exact) mass is 421 g/mol. The van der Waals surface area contributed by atoms with Crippen molar-refractivity contribution in [3.63, 3.8) is 0 Å². The average molecular weight is 421 g/mol. The van der Waals surface area contributed by atoms with Crippen LogP contribution in [0.3, 0.4) is 0 Å². The van der Waals surface area contributed by atoms with Crippen molar-refractivity contribution >= 4 is 16.6 Å². The molecule has 0 saturated carbocycles. The molecule has 0 unspecified atom stereocenters. The van der Waals surface area contributed by atoms with Gasteiger partial charge < -0.3 is 15.2 Å². The smallest absolute Gasteiger partial charge is 0.419 e. The topological polar surface area (TPSA) is 67.3 Å². The second-order valence-corrected chi connectivity index (χ2v) is 7.34. The number of ether oxygens (including phenoxy) is 1. The number of aromatic nitrogens is 2. The molecule has 2 N–H and O–H groups in total. The molecule has 5 nitrogen and oxygen atoms in total. The Morgan fingerprint density at radius 3 is 2.70 bits per heavy atom. The second-order valence-electron chi connectivity index (χ2n) is 7.34. The molecule has 0 aliphatic heterocycles. The van der Waals surface area contributed by atoms with E-state index in [9.17, 15) is 22.7 Å². The van der Waals surface area contributed by atoms with Crippen molar-refractivity contribution in [1.29, 1.82) is 0 Å². The normalized spacial score (nSPS) is 21.4. The first-order chi connectivity index (χ1) is 14.1. The highest BCUT2D eigenvalue weighted by Gasteiger charge is 2.60. The third-order valence-electron chi connectivity index (χ3n) is 5.53. The van der Waals surface area contributed by atoms with Gasteiger partial charge in [-0.05, 0) is 55.2 Å². The molecule has 9 heteroatoms. The number of alkyl halides is 3. The van der Waals surface area contributed by atoms with E-state index in [0.29, 0.717) is 17.1 Å². The molecule has 1 aromatic heterocycles. The molecule has 1 heterocycles. The van der Waals surface area contributed by atoms with Gasteiger partial charge in [0.1, 0.15) is 22.9 Å². The Balaban J connectivity index is 1.89. The minimum atomic E-state index is -4.89. The molecule has 2 aromatic carbocycles. The highest BCUT2D eigenvalue weighted by Crippen LogP contribution is 2.49. The van der Waals surface area contributed by atoms with E-state index in [1.54, 1.807) is 19.1 Å². The zero-order chi connectivity index (χ0) is 21.7. The van der Waals surface area contributed by atoms with E-state index in [1.807, 2.05) is 0 Å². The first kappa shape index (κ1) is 20.3. The molecular weight excluding hydrogens is 402 g/mol. The Bertz CT molecular complexity index is 1120. The summed E-state index contributed by atoms with van der Waals surface area (Å²) < 4.78 is 61.4. The summed E-state index contributed by atoms with van der Waals surface area (Å²) in [7, 11) is 1.41. The predicted molar refractivity (Wildman–Crippen MR) is 103 cm³/mol. The van der Waals surface area contributed by atoms with Crippen LogP contribution < -0.4 is 10.1 Å². The summed E-state index contributed by atoms with van der Waals surface area (Å²) in [4.78, 5) is 8.09. The van der Waals surface area contributed by atoms with Crippen LogP contribution in [0.2, 0.25) is 0 Å². The number of anilines is 1. The minimum absolute atomic E-state index is 0.00952. The maximum atomic E-state index is 14.2. The lowest BCUT2D eigenvalue weighted by molar-refractivity contribution is -0.270. The van der Waals surface area contributed by atoms with Crippen molar-refractivity contribution in [3.8, 4) is 5.75 Å². The van der Waals surface area contributed by atoms with Gasteiger partial charge in [-0.3, -0.25) is 0 Å². The second kappa shape index (κ2) is 7.09. The maximum absolute atomic E-state index is 14.2. The molecule has 0 fully saturated rings. The Morgan fingerprint density at radius 1 is 1.23 bits per heavy atom. The zero-order valence-electron chi connectivity index (χ0n) is 16.2. The number of benzene rings is 2. The first-order valence-corrected chi connectivity index (χ1v) is 9.28. The number of rotatable bonds is 3. The van der Waals surface area contributed by atoms with Gasteiger partial charge in [0.2, 0.25) is 0 Å². The lowest BCUT2D eigenvalue weighted by atomic mass is 9.75. The van der Waals surface area contributed by atoms with Crippen LogP contribution in [-0.4, -0.2) is 34.0 Å². The van der Waals surface area contributed by atoms with Crippen LogP contribution in [-0.2, 0) is 6.42 Å². The van der Waals surface area contributed by atoms with E-state index in [0.717, 1.165) is 6.07 Å². The van der Waals surface area contributed by atoms with E-state index >= 15 is 0 Å². The summed E-state index contributed by atoms with van der Waals surface area (Å²) >= 11 is 0. The molecule has 0 saturated heterocycles. The van der Waals surface area contributed by atoms with Gasteiger partial charge in [-0.15, -0.1) is 0 Å². The molecule has 1 aliphatic carbocycles. The number of aliphatic hydroxyl groups is 1. The van der Waals surface area contributed by atoms with Crippen molar-refractivity contribution in [1.82, 2.24) is 9.97 Å². The van der Waals surface area contributed by atoms with Crippen molar-refractivity contribution < 1.29 is 27.4 Å². The van der Waals surface area contributed by atoms with Gasteiger partial charge in [0.25, 0.3) is 0 Å². The molecule has 0 radical (unpaired) electrons. The van der Waals surface area contributed by atoms with Crippen LogP contribution in [0.25, 0.3) is 10.9 Å². The maximum Gasteiger partial charge on any atom is 0.419 e. The third kappa shape index (κ3) is 3.23. The Hall–Kier alpha value is -2.94. The molecule has 1 aliphatic rings. The third-order valence-corrected chi connectivity index (χ3v) is 5.53. The SMILES string of the molecule is COc1ccc2c(c1)[C@@H](Nc1ccc(F)c3nc(C)ncc13)[C@@](O)(C(F)(F)F)CC2. The van der Waals surface area contributed by atoms with Gasteiger partial charge in [-0.2, -0.15) is 13.2 Å². The Labute approximate surface area is 169 Å². The standard InChI is InChI=1S/C21H19F4N3O2/c1-11-26-10-15-17(6-5-16(22)18(15)27-11)28-19-14-9-13(30-2)4-3-12(14)7-8-20(19,29)21(23,24)25/h3-6,9-10,19,28-29H,7-8H2,1-2H3/t19-,20-/m1/s1. The van der Waals surface area contributed by atoms with E-state index in [1.165, 1.54) is 25.4 Å². The summed E-state index contributed by atoms with van der Waals surface area (Å²) in [6.45, 7) is 1.59. The minimum Gasteiger partial charge on any atom is -0.497 e. The number of aryl methyl sites for hydroxylation is 2. The van der Waals surface area contributed by atoms with Gasteiger partial charge in [-0.1, -0.05) is 6.07 Å². The molecule has 158 valence electrons. The fraction of sp³-hybridized carbons (Fsp3) is 0.333. The summed E-state index contributed by atoms with van der Waals surface area (Å²) in [5.41, 5.74) is -1.91. The van der Waals surface area contributed by atoms with Gasteiger partial charge in [-0.25, -0.2) is 14.4 Å². The van der Waals surface area contributed by atoms with E-state index < -0.39 is 30.1 Å². The van der Waals surface area contributed by atoms with Gasteiger partial charge in [0, 0.05) is 17.3 Å². The molecule has 0 bridgehead atoms. The van der Waals surface area contributed by atoms with Crippen LogP contribution >= 0.6 is 0 Å². The summed E-state index contributed by atoms with van der Waals surface area (Å²) in [6, 6.07) is 5.74.